The molecule has 1 heteroatoms. The van der Waals surface area contributed by atoms with Gasteiger partial charge in [0.25, 0.3) is 0 Å². The van der Waals surface area contributed by atoms with E-state index >= 15 is 0 Å². The Morgan fingerprint density at radius 1 is 1.27 bits per heavy atom. The molecule has 1 heterocycles. The van der Waals surface area contributed by atoms with Crippen molar-refractivity contribution in [3.05, 3.63) is 36.6 Å². The van der Waals surface area contributed by atoms with Crippen LogP contribution in [0.4, 0.5) is 0 Å². The molecule has 22 heavy (non-hydrogen) atoms. The first-order chi connectivity index (χ1) is 10.6. The van der Waals surface area contributed by atoms with E-state index in [1.54, 1.807) is 0 Å². The average Bonchev–Trinajstić information content (AvgIpc) is 2.84. The third-order valence-corrected chi connectivity index (χ3v) is 7.76. The van der Waals surface area contributed by atoms with Gasteiger partial charge in [-0.15, -0.1) is 6.58 Å². The molecule has 1 aliphatic heterocycles. The molecule has 6 atom stereocenters. The number of allylic oxidation sites excluding steroid dienone is 3. The van der Waals surface area contributed by atoms with Gasteiger partial charge in [-0.1, -0.05) is 25.2 Å². The largest absolute Gasteiger partial charge is 0.493 e. The van der Waals surface area contributed by atoms with Gasteiger partial charge >= 0.3 is 0 Å². The van der Waals surface area contributed by atoms with Gasteiger partial charge in [0.05, 0.1) is 0 Å². The van der Waals surface area contributed by atoms with Crippen molar-refractivity contribution in [2.45, 2.75) is 52.4 Å². The van der Waals surface area contributed by atoms with Gasteiger partial charge in [0.2, 0.25) is 0 Å². The van der Waals surface area contributed by atoms with Crippen LogP contribution in [0.15, 0.2) is 36.6 Å². The summed E-state index contributed by atoms with van der Waals surface area (Å²) in [6, 6.07) is 0. The molecule has 0 N–H and O–H groups in total. The first-order valence-corrected chi connectivity index (χ1v) is 9.21. The van der Waals surface area contributed by atoms with Crippen molar-refractivity contribution < 1.29 is 4.74 Å². The van der Waals surface area contributed by atoms with E-state index in [-0.39, 0.29) is 5.41 Å². The molecule has 2 fully saturated rings. The summed E-state index contributed by atoms with van der Waals surface area (Å²) in [4.78, 5) is 0. The van der Waals surface area contributed by atoms with Crippen molar-refractivity contribution in [1.29, 1.82) is 0 Å². The minimum absolute atomic E-state index is 0.166. The normalized spacial score (nSPS) is 49.5. The van der Waals surface area contributed by atoms with E-state index in [0.29, 0.717) is 5.41 Å². The summed E-state index contributed by atoms with van der Waals surface area (Å²) in [6.45, 7) is 9.78. The van der Waals surface area contributed by atoms with Gasteiger partial charge in [-0.05, 0) is 80.6 Å². The second-order valence-corrected chi connectivity index (χ2v) is 8.52. The van der Waals surface area contributed by atoms with Crippen LogP contribution in [0.5, 0.6) is 0 Å². The molecule has 2 saturated carbocycles. The predicted molar refractivity (Wildman–Crippen MR) is 91.2 cm³/mol. The molecule has 0 radical (unpaired) electrons. The third-order valence-electron chi connectivity index (χ3n) is 7.76. The molecule has 0 amide bonds. The van der Waals surface area contributed by atoms with Gasteiger partial charge in [0, 0.05) is 5.41 Å². The third kappa shape index (κ3) is 1.83. The molecule has 0 spiro atoms. The van der Waals surface area contributed by atoms with E-state index in [4.69, 9.17) is 4.74 Å². The Bertz CT molecular complexity index is 530. The molecule has 4 rings (SSSR count). The van der Waals surface area contributed by atoms with Crippen molar-refractivity contribution in [2.75, 3.05) is 6.61 Å². The van der Waals surface area contributed by atoms with E-state index in [0.717, 1.165) is 30.3 Å². The lowest BCUT2D eigenvalue weighted by atomic mass is 9.50. The van der Waals surface area contributed by atoms with Gasteiger partial charge < -0.3 is 4.74 Å². The summed E-state index contributed by atoms with van der Waals surface area (Å²) in [7, 11) is 0. The SMILES string of the molecule is C=CCC1CC[C@H]2[C@@H]3CC=C4OCC=C[C@]4(C)[C@@H]3CC[C@]12C. The molecule has 1 unspecified atom stereocenters. The number of ether oxygens (including phenoxy) is 1. The standard InChI is InChI=1S/C21H30O/c1-4-6-15-7-9-17-16-8-10-19-21(3,12-5-14-22-19)18(16)11-13-20(15,17)2/h4-5,10,12,15-18H,1,6-9,11,13-14H2,2-3H3/t15?,16-,17-,18+,20+,21+/m0/s1. The fraction of sp³-hybridized carbons (Fsp3) is 0.714. The van der Waals surface area contributed by atoms with Crippen LogP contribution in [0.25, 0.3) is 0 Å². The van der Waals surface area contributed by atoms with Crippen molar-refractivity contribution in [1.82, 2.24) is 0 Å². The molecule has 0 aromatic heterocycles. The molecule has 0 bridgehead atoms. The number of hydrogen-bond acceptors (Lipinski definition) is 1. The first kappa shape index (κ1) is 14.6. The summed E-state index contributed by atoms with van der Waals surface area (Å²) in [5.41, 5.74) is 0.718. The molecular formula is C21H30O. The van der Waals surface area contributed by atoms with Gasteiger partial charge in [0.15, 0.2) is 0 Å². The maximum atomic E-state index is 5.99. The summed E-state index contributed by atoms with van der Waals surface area (Å²) in [5.74, 6) is 4.67. The zero-order chi connectivity index (χ0) is 15.4. The van der Waals surface area contributed by atoms with Crippen molar-refractivity contribution >= 4 is 0 Å². The lowest BCUT2D eigenvalue weighted by Crippen LogP contribution is -2.49. The topological polar surface area (TPSA) is 9.23 Å². The quantitative estimate of drug-likeness (QED) is 0.611. The van der Waals surface area contributed by atoms with E-state index in [1.165, 1.54) is 44.3 Å². The monoisotopic (exact) mass is 298 g/mol. The van der Waals surface area contributed by atoms with Crippen molar-refractivity contribution in [3.8, 4) is 0 Å². The highest BCUT2D eigenvalue weighted by molar-refractivity contribution is 5.27. The number of rotatable bonds is 2. The lowest BCUT2D eigenvalue weighted by molar-refractivity contribution is -0.0404. The first-order valence-electron chi connectivity index (χ1n) is 9.21. The van der Waals surface area contributed by atoms with Crippen molar-refractivity contribution in [2.24, 2.45) is 34.5 Å². The molecule has 4 aliphatic rings. The van der Waals surface area contributed by atoms with Crippen LogP contribution in [-0.4, -0.2) is 6.61 Å². The smallest absolute Gasteiger partial charge is 0.106 e. The van der Waals surface area contributed by atoms with E-state index in [2.05, 4.69) is 44.7 Å². The van der Waals surface area contributed by atoms with Crippen LogP contribution in [0.2, 0.25) is 0 Å². The lowest BCUT2D eigenvalue weighted by Gasteiger charge is -2.55. The summed E-state index contributed by atoms with van der Waals surface area (Å²) >= 11 is 0. The van der Waals surface area contributed by atoms with Gasteiger partial charge in [0.1, 0.15) is 12.4 Å². The zero-order valence-electron chi connectivity index (χ0n) is 14.2. The molecule has 120 valence electrons. The summed E-state index contributed by atoms with van der Waals surface area (Å²) in [6.07, 6.45) is 17.3. The number of fused-ring (bicyclic) bond motifs is 5. The van der Waals surface area contributed by atoms with Crippen molar-refractivity contribution in [3.63, 3.8) is 0 Å². The Hall–Kier alpha value is -0.980. The van der Waals surface area contributed by atoms with Crippen LogP contribution < -0.4 is 0 Å². The molecular weight excluding hydrogens is 268 g/mol. The second kappa shape index (κ2) is 5.01. The van der Waals surface area contributed by atoms with Gasteiger partial charge in [-0.2, -0.15) is 0 Å². The Kier molecular flexibility index (Phi) is 3.33. The van der Waals surface area contributed by atoms with Crippen LogP contribution >= 0.6 is 0 Å². The molecule has 1 nitrogen and oxygen atoms in total. The second-order valence-electron chi connectivity index (χ2n) is 8.52. The van der Waals surface area contributed by atoms with Crippen LogP contribution in [0.1, 0.15) is 52.4 Å². The molecule has 0 aromatic rings. The van der Waals surface area contributed by atoms with Crippen LogP contribution in [-0.2, 0) is 4.74 Å². The zero-order valence-corrected chi connectivity index (χ0v) is 14.2. The minimum Gasteiger partial charge on any atom is -0.493 e. The highest BCUT2D eigenvalue weighted by atomic mass is 16.5. The van der Waals surface area contributed by atoms with E-state index in [9.17, 15) is 0 Å². The molecule has 0 saturated heterocycles. The van der Waals surface area contributed by atoms with Gasteiger partial charge in [-0.25, -0.2) is 0 Å². The maximum Gasteiger partial charge on any atom is 0.106 e. The Morgan fingerprint density at radius 3 is 2.95 bits per heavy atom. The fourth-order valence-corrected chi connectivity index (χ4v) is 6.55. The Morgan fingerprint density at radius 2 is 2.14 bits per heavy atom. The molecule has 3 aliphatic carbocycles. The van der Waals surface area contributed by atoms with E-state index in [1.807, 2.05) is 0 Å². The Balaban J connectivity index is 1.67. The summed E-state index contributed by atoms with van der Waals surface area (Å²) in [5, 5.41) is 0. The van der Waals surface area contributed by atoms with E-state index < -0.39 is 0 Å². The predicted octanol–water partition coefficient (Wildman–Crippen LogP) is 5.50. The highest BCUT2D eigenvalue weighted by Gasteiger charge is 2.57. The van der Waals surface area contributed by atoms with Gasteiger partial charge in [-0.3, -0.25) is 0 Å². The fourth-order valence-electron chi connectivity index (χ4n) is 6.55. The summed E-state index contributed by atoms with van der Waals surface area (Å²) < 4.78 is 5.99. The Labute approximate surface area is 135 Å². The van der Waals surface area contributed by atoms with Crippen LogP contribution in [0.3, 0.4) is 0 Å². The average molecular weight is 298 g/mol. The van der Waals surface area contributed by atoms with Crippen LogP contribution in [0, 0.1) is 34.5 Å². The molecule has 0 aromatic carbocycles. The minimum atomic E-state index is 0.166. The highest BCUT2D eigenvalue weighted by Crippen LogP contribution is 2.65. The number of hydrogen-bond donors (Lipinski definition) is 0. The maximum absolute atomic E-state index is 5.99.